The van der Waals surface area contributed by atoms with Gasteiger partial charge in [-0.2, -0.15) is 0 Å². The molecule has 15 heavy (non-hydrogen) atoms. The molecule has 3 heteroatoms. The lowest BCUT2D eigenvalue weighted by molar-refractivity contribution is -0.132. The Hall–Kier alpha value is -1.38. The Kier molecular flexibility index (Phi) is 2.71. The highest BCUT2D eigenvalue weighted by atomic mass is 16.2. The molecule has 3 nitrogen and oxygen atoms in total. The summed E-state index contributed by atoms with van der Waals surface area (Å²) < 4.78 is 0. The highest BCUT2D eigenvalue weighted by Gasteiger charge is 2.35. The molecule has 0 N–H and O–H groups in total. The predicted molar refractivity (Wildman–Crippen MR) is 57.1 cm³/mol. The third-order valence-electron chi connectivity index (χ3n) is 3.28. The third-order valence-corrected chi connectivity index (χ3v) is 3.28. The standard InChI is InChI=1S/C12H15NO2/c1-9-3-2-4-11-10(9)5-6-12(15)13(11)7-8-14/h2-3,5-6,8-11H,4,7H2,1H3. The van der Waals surface area contributed by atoms with Crippen LogP contribution in [-0.2, 0) is 9.59 Å². The summed E-state index contributed by atoms with van der Waals surface area (Å²) in [5.41, 5.74) is 0. The number of nitrogens with zero attached hydrogens (tertiary/aromatic N) is 1. The molecule has 2 rings (SSSR count). The zero-order valence-electron chi connectivity index (χ0n) is 8.80. The van der Waals surface area contributed by atoms with Gasteiger partial charge in [-0.3, -0.25) is 4.79 Å². The Balaban J connectivity index is 2.26. The van der Waals surface area contributed by atoms with E-state index in [1.54, 1.807) is 11.0 Å². The van der Waals surface area contributed by atoms with E-state index in [9.17, 15) is 9.59 Å². The van der Waals surface area contributed by atoms with Gasteiger partial charge in [-0.15, -0.1) is 0 Å². The van der Waals surface area contributed by atoms with E-state index >= 15 is 0 Å². The summed E-state index contributed by atoms with van der Waals surface area (Å²) in [6.07, 6.45) is 9.54. The second-order valence-corrected chi connectivity index (χ2v) is 4.18. The van der Waals surface area contributed by atoms with Gasteiger partial charge >= 0.3 is 0 Å². The van der Waals surface area contributed by atoms with Crippen molar-refractivity contribution in [1.82, 2.24) is 4.90 Å². The molecule has 80 valence electrons. The van der Waals surface area contributed by atoms with Crippen molar-refractivity contribution in [3.8, 4) is 0 Å². The molecule has 0 saturated heterocycles. The zero-order valence-corrected chi connectivity index (χ0v) is 8.80. The highest BCUT2D eigenvalue weighted by Crippen LogP contribution is 2.32. The Bertz CT molecular complexity index is 333. The number of fused-ring (bicyclic) bond motifs is 1. The van der Waals surface area contributed by atoms with Crippen molar-refractivity contribution in [2.45, 2.75) is 19.4 Å². The normalized spacial score (nSPS) is 34.1. The lowest BCUT2D eigenvalue weighted by Gasteiger charge is -2.40. The first-order valence-electron chi connectivity index (χ1n) is 5.33. The molecule has 3 atom stereocenters. The molecule has 0 aromatic carbocycles. The van der Waals surface area contributed by atoms with Crippen LogP contribution in [0.5, 0.6) is 0 Å². The summed E-state index contributed by atoms with van der Waals surface area (Å²) in [7, 11) is 0. The predicted octanol–water partition coefficient (Wildman–Crippen LogP) is 1.16. The van der Waals surface area contributed by atoms with E-state index in [4.69, 9.17) is 0 Å². The van der Waals surface area contributed by atoms with Gasteiger partial charge in [-0.25, -0.2) is 0 Å². The van der Waals surface area contributed by atoms with Crippen molar-refractivity contribution in [1.29, 1.82) is 0 Å². The van der Waals surface area contributed by atoms with Crippen molar-refractivity contribution in [3.05, 3.63) is 24.3 Å². The van der Waals surface area contributed by atoms with Crippen LogP contribution in [0.15, 0.2) is 24.3 Å². The van der Waals surface area contributed by atoms with E-state index in [1.807, 2.05) is 6.08 Å². The van der Waals surface area contributed by atoms with Crippen LogP contribution >= 0.6 is 0 Å². The van der Waals surface area contributed by atoms with E-state index in [2.05, 4.69) is 19.1 Å². The van der Waals surface area contributed by atoms with Crippen molar-refractivity contribution in [3.63, 3.8) is 0 Å². The molecular formula is C12H15NO2. The Labute approximate surface area is 89.4 Å². The summed E-state index contributed by atoms with van der Waals surface area (Å²) >= 11 is 0. The van der Waals surface area contributed by atoms with Crippen molar-refractivity contribution in [2.24, 2.45) is 11.8 Å². The first-order valence-corrected chi connectivity index (χ1v) is 5.33. The summed E-state index contributed by atoms with van der Waals surface area (Å²) in [6.45, 7) is 2.36. The van der Waals surface area contributed by atoms with Crippen LogP contribution in [0.4, 0.5) is 0 Å². The molecule has 0 aromatic rings. The van der Waals surface area contributed by atoms with Gasteiger partial charge in [0, 0.05) is 12.0 Å². The summed E-state index contributed by atoms with van der Waals surface area (Å²) in [5, 5.41) is 0. The molecule has 0 bridgehead atoms. The smallest absolute Gasteiger partial charge is 0.246 e. The van der Waals surface area contributed by atoms with Crippen molar-refractivity contribution < 1.29 is 9.59 Å². The van der Waals surface area contributed by atoms with Crippen LogP contribution in [0, 0.1) is 11.8 Å². The van der Waals surface area contributed by atoms with Crippen LogP contribution < -0.4 is 0 Å². The molecule has 3 unspecified atom stereocenters. The molecule has 1 amide bonds. The number of aldehydes is 1. The first kappa shape index (κ1) is 10.1. The molecule has 2 aliphatic rings. The number of allylic oxidation sites excluding steroid dienone is 1. The fourth-order valence-electron chi connectivity index (χ4n) is 2.47. The zero-order chi connectivity index (χ0) is 10.8. The summed E-state index contributed by atoms with van der Waals surface area (Å²) in [6, 6.07) is 0.174. The van der Waals surface area contributed by atoms with E-state index in [1.165, 1.54) is 0 Å². The molecule has 0 spiro atoms. The fraction of sp³-hybridized carbons (Fsp3) is 0.500. The van der Waals surface area contributed by atoms with Gasteiger partial charge < -0.3 is 9.69 Å². The topological polar surface area (TPSA) is 37.4 Å². The van der Waals surface area contributed by atoms with Crippen LogP contribution in [-0.4, -0.2) is 29.7 Å². The number of carbonyl (C=O) groups is 2. The number of rotatable bonds is 2. The molecule has 0 aromatic heterocycles. The van der Waals surface area contributed by atoms with Crippen LogP contribution in [0.3, 0.4) is 0 Å². The quantitative estimate of drug-likeness (QED) is 0.501. The summed E-state index contributed by atoms with van der Waals surface area (Å²) in [4.78, 5) is 23.8. The molecule has 1 aliphatic carbocycles. The minimum absolute atomic E-state index is 0.0362. The Morgan fingerprint density at radius 1 is 1.53 bits per heavy atom. The van der Waals surface area contributed by atoms with Gasteiger partial charge in [0.15, 0.2) is 0 Å². The molecule has 0 fully saturated rings. The van der Waals surface area contributed by atoms with Gasteiger partial charge in [0.2, 0.25) is 5.91 Å². The number of carbonyl (C=O) groups excluding carboxylic acids is 2. The average molecular weight is 205 g/mol. The van der Waals surface area contributed by atoms with Crippen molar-refractivity contribution in [2.75, 3.05) is 6.54 Å². The second-order valence-electron chi connectivity index (χ2n) is 4.18. The largest absolute Gasteiger partial charge is 0.328 e. The maximum absolute atomic E-state index is 11.6. The number of hydrogen-bond acceptors (Lipinski definition) is 2. The molecule has 0 saturated carbocycles. The van der Waals surface area contributed by atoms with Crippen LogP contribution in [0.2, 0.25) is 0 Å². The maximum atomic E-state index is 11.6. The van der Waals surface area contributed by atoms with E-state index < -0.39 is 0 Å². The number of hydrogen-bond donors (Lipinski definition) is 0. The Morgan fingerprint density at radius 3 is 3.07 bits per heavy atom. The van der Waals surface area contributed by atoms with Gasteiger partial charge in [0.25, 0.3) is 0 Å². The monoisotopic (exact) mass is 205 g/mol. The van der Waals surface area contributed by atoms with Crippen molar-refractivity contribution >= 4 is 12.2 Å². The molecular weight excluding hydrogens is 190 g/mol. The fourth-order valence-corrected chi connectivity index (χ4v) is 2.47. The van der Waals surface area contributed by atoms with Crippen LogP contribution in [0.25, 0.3) is 0 Å². The van der Waals surface area contributed by atoms with E-state index in [-0.39, 0.29) is 18.5 Å². The third kappa shape index (κ3) is 1.74. The minimum Gasteiger partial charge on any atom is -0.328 e. The lowest BCUT2D eigenvalue weighted by Crippen LogP contribution is -2.49. The average Bonchev–Trinajstić information content (AvgIpc) is 2.23. The van der Waals surface area contributed by atoms with Gasteiger partial charge in [-0.05, 0) is 18.4 Å². The number of amides is 1. The maximum Gasteiger partial charge on any atom is 0.246 e. The van der Waals surface area contributed by atoms with E-state index in [0.29, 0.717) is 11.8 Å². The lowest BCUT2D eigenvalue weighted by atomic mass is 9.78. The molecule has 0 radical (unpaired) electrons. The van der Waals surface area contributed by atoms with Gasteiger partial charge in [-0.1, -0.05) is 25.2 Å². The SMILES string of the molecule is CC1C=CCC2C1C=CC(=O)N2CC=O. The van der Waals surface area contributed by atoms with E-state index in [0.717, 1.165) is 12.7 Å². The highest BCUT2D eigenvalue weighted by molar-refractivity contribution is 5.90. The van der Waals surface area contributed by atoms with Gasteiger partial charge in [0.05, 0.1) is 6.54 Å². The second kappa shape index (κ2) is 4.01. The van der Waals surface area contributed by atoms with Gasteiger partial charge in [0.1, 0.15) is 6.29 Å². The van der Waals surface area contributed by atoms with Crippen LogP contribution in [0.1, 0.15) is 13.3 Å². The molecule has 1 heterocycles. The Morgan fingerprint density at radius 2 is 2.33 bits per heavy atom. The minimum atomic E-state index is -0.0362. The summed E-state index contributed by atoms with van der Waals surface area (Å²) in [5.74, 6) is 0.778. The molecule has 1 aliphatic heterocycles. The first-order chi connectivity index (χ1) is 7.24.